The van der Waals surface area contributed by atoms with E-state index in [1.165, 1.54) is 10.6 Å². The molecule has 6 heteroatoms. The van der Waals surface area contributed by atoms with Crippen LogP contribution in [-0.2, 0) is 6.54 Å². The fraction of sp³-hybridized carbons (Fsp3) is 0.0769. The molecule has 2 aromatic rings. The maximum atomic E-state index is 13.6. The van der Waals surface area contributed by atoms with Crippen LogP contribution in [0.15, 0.2) is 41.3 Å². The first-order chi connectivity index (χ1) is 8.99. The number of hydrogen-bond donors (Lipinski definition) is 1. The standard InChI is InChI=1S/C13H9ClFNO3/c14-10-6-9(13(18)19)11(15)5-8(10)7-16-4-2-1-3-12(16)17/h1-6H,7H2,(H,18,19). The quantitative estimate of drug-likeness (QED) is 0.940. The number of halogens is 2. The molecule has 0 fully saturated rings. The minimum absolute atomic E-state index is 0.0787. The van der Waals surface area contributed by atoms with E-state index >= 15 is 0 Å². The Morgan fingerprint density at radius 2 is 2.11 bits per heavy atom. The molecule has 1 N–H and O–H groups in total. The number of aromatic nitrogens is 1. The van der Waals surface area contributed by atoms with Crippen molar-refractivity contribution in [2.75, 3.05) is 0 Å². The van der Waals surface area contributed by atoms with E-state index in [2.05, 4.69) is 0 Å². The molecule has 1 aromatic carbocycles. The maximum absolute atomic E-state index is 13.6. The summed E-state index contributed by atoms with van der Waals surface area (Å²) in [6.07, 6.45) is 1.54. The van der Waals surface area contributed by atoms with Crippen LogP contribution in [0.2, 0.25) is 5.02 Å². The first kappa shape index (κ1) is 13.3. The molecule has 0 saturated carbocycles. The lowest BCUT2D eigenvalue weighted by Crippen LogP contribution is -2.18. The predicted molar refractivity (Wildman–Crippen MR) is 68.2 cm³/mol. The molecule has 2 rings (SSSR count). The summed E-state index contributed by atoms with van der Waals surface area (Å²) in [7, 11) is 0. The van der Waals surface area contributed by atoms with Crippen LogP contribution in [-0.4, -0.2) is 15.6 Å². The predicted octanol–water partition coefficient (Wildman–Crippen LogP) is 2.39. The number of pyridine rings is 1. The highest BCUT2D eigenvalue weighted by Crippen LogP contribution is 2.21. The van der Waals surface area contributed by atoms with Gasteiger partial charge in [0.25, 0.3) is 5.56 Å². The summed E-state index contributed by atoms with van der Waals surface area (Å²) in [4.78, 5) is 22.3. The molecule has 0 amide bonds. The molecule has 0 radical (unpaired) electrons. The Morgan fingerprint density at radius 3 is 2.74 bits per heavy atom. The molecule has 4 nitrogen and oxygen atoms in total. The summed E-state index contributed by atoms with van der Waals surface area (Å²) in [5.74, 6) is -2.27. The molecule has 19 heavy (non-hydrogen) atoms. The van der Waals surface area contributed by atoms with Gasteiger partial charge < -0.3 is 9.67 Å². The Morgan fingerprint density at radius 1 is 1.37 bits per heavy atom. The first-order valence-corrected chi connectivity index (χ1v) is 5.73. The number of benzene rings is 1. The molecular formula is C13H9ClFNO3. The summed E-state index contributed by atoms with van der Waals surface area (Å²) in [5, 5.41) is 8.87. The normalized spacial score (nSPS) is 10.4. The molecule has 0 aliphatic carbocycles. The van der Waals surface area contributed by atoms with Crippen LogP contribution in [0, 0.1) is 5.82 Å². The van der Waals surface area contributed by atoms with Crippen molar-refractivity contribution in [2.45, 2.75) is 6.54 Å². The summed E-state index contributed by atoms with van der Waals surface area (Å²) in [5.41, 5.74) is -0.395. The zero-order valence-electron chi connectivity index (χ0n) is 9.64. The Labute approximate surface area is 112 Å². The second-order valence-electron chi connectivity index (χ2n) is 3.90. The Balaban J connectivity index is 2.42. The average Bonchev–Trinajstić information content (AvgIpc) is 2.35. The van der Waals surface area contributed by atoms with E-state index in [9.17, 15) is 14.0 Å². The molecule has 1 heterocycles. The third kappa shape index (κ3) is 2.82. The summed E-state index contributed by atoms with van der Waals surface area (Å²) in [6, 6.07) is 6.70. The third-order valence-corrected chi connectivity index (χ3v) is 2.96. The number of aromatic carboxylic acids is 1. The van der Waals surface area contributed by atoms with Gasteiger partial charge in [-0.25, -0.2) is 9.18 Å². The van der Waals surface area contributed by atoms with E-state index in [-0.39, 0.29) is 17.1 Å². The number of rotatable bonds is 3. The lowest BCUT2D eigenvalue weighted by atomic mass is 10.1. The van der Waals surface area contributed by atoms with Crippen molar-refractivity contribution in [2.24, 2.45) is 0 Å². The SMILES string of the molecule is O=C(O)c1cc(Cl)c(Cn2ccccc2=O)cc1F. The van der Waals surface area contributed by atoms with Gasteiger partial charge in [0.1, 0.15) is 5.82 Å². The monoisotopic (exact) mass is 281 g/mol. The largest absolute Gasteiger partial charge is 0.478 e. The smallest absolute Gasteiger partial charge is 0.338 e. The van der Waals surface area contributed by atoms with Crippen molar-refractivity contribution < 1.29 is 14.3 Å². The highest BCUT2D eigenvalue weighted by molar-refractivity contribution is 6.31. The summed E-state index contributed by atoms with van der Waals surface area (Å²) in [6.45, 7) is 0.0787. The fourth-order valence-electron chi connectivity index (χ4n) is 1.65. The van der Waals surface area contributed by atoms with Crippen LogP contribution in [0.3, 0.4) is 0 Å². The van der Waals surface area contributed by atoms with Crippen LogP contribution in [0.1, 0.15) is 15.9 Å². The van der Waals surface area contributed by atoms with Crippen molar-refractivity contribution in [1.82, 2.24) is 4.57 Å². The highest BCUT2D eigenvalue weighted by Gasteiger charge is 2.14. The van der Waals surface area contributed by atoms with Gasteiger partial charge in [0.2, 0.25) is 0 Å². The maximum Gasteiger partial charge on any atom is 0.338 e. The van der Waals surface area contributed by atoms with Crippen molar-refractivity contribution in [3.8, 4) is 0 Å². The molecular weight excluding hydrogens is 273 g/mol. The van der Waals surface area contributed by atoms with Crippen molar-refractivity contribution in [1.29, 1.82) is 0 Å². The molecule has 0 spiro atoms. The lowest BCUT2D eigenvalue weighted by Gasteiger charge is -2.08. The number of carboxylic acid groups (broad SMARTS) is 1. The van der Waals surface area contributed by atoms with Crippen molar-refractivity contribution in [3.63, 3.8) is 0 Å². The molecule has 0 unspecified atom stereocenters. The van der Waals surface area contributed by atoms with Gasteiger partial charge in [-0.1, -0.05) is 17.7 Å². The van der Waals surface area contributed by atoms with Gasteiger partial charge in [-0.3, -0.25) is 4.79 Å². The van der Waals surface area contributed by atoms with E-state index in [0.717, 1.165) is 12.1 Å². The van der Waals surface area contributed by atoms with Crippen molar-refractivity contribution >= 4 is 17.6 Å². The number of carbonyl (C=O) groups is 1. The molecule has 1 aromatic heterocycles. The number of hydrogen-bond acceptors (Lipinski definition) is 2. The van der Waals surface area contributed by atoms with Gasteiger partial charge >= 0.3 is 5.97 Å². The van der Waals surface area contributed by atoms with Gasteiger partial charge in [-0.05, 0) is 23.8 Å². The minimum atomic E-state index is -1.39. The van der Waals surface area contributed by atoms with E-state index in [4.69, 9.17) is 16.7 Å². The molecule has 0 saturated heterocycles. The highest BCUT2D eigenvalue weighted by atomic mass is 35.5. The summed E-state index contributed by atoms with van der Waals surface area (Å²) < 4.78 is 14.9. The van der Waals surface area contributed by atoms with Crippen molar-refractivity contribution in [3.05, 3.63) is 68.8 Å². The number of carboxylic acids is 1. The van der Waals surface area contributed by atoms with Gasteiger partial charge in [-0.2, -0.15) is 0 Å². The van der Waals surface area contributed by atoms with Gasteiger partial charge in [0, 0.05) is 17.3 Å². The fourth-order valence-corrected chi connectivity index (χ4v) is 1.87. The first-order valence-electron chi connectivity index (χ1n) is 5.35. The minimum Gasteiger partial charge on any atom is -0.478 e. The molecule has 0 aliphatic heterocycles. The molecule has 0 atom stereocenters. The van der Waals surface area contributed by atoms with Crippen LogP contribution < -0.4 is 5.56 Å². The zero-order chi connectivity index (χ0) is 14.0. The van der Waals surface area contributed by atoms with Gasteiger partial charge in [0.15, 0.2) is 0 Å². The second kappa shape index (κ2) is 5.24. The molecule has 98 valence electrons. The van der Waals surface area contributed by atoms with Gasteiger partial charge in [-0.15, -0.1) is 0 Å². The lowest BCUT2D eigenvalue weighted by molar-refractivity contribution is 0.0692. The number of nitrogens with zero attached hydrogens (tertiary/aromatic N) is 1. The third-order valence-electron chi connectivity index (χ3n) is 2.61. The van der Waals surface area contributed by atoms with E-state index in [1.54, 1.807) is 18.3 Å². The van der Waals surface area contributed by atoms with Gasteiger partial charge in [0.05, 0.1) is 12.1 Å². The van der Waals surface area contributed by atoms with Crippen LogP contribution in [0.5, 0.6) is 0 Å². The Hall–Kier alpha value is -2.14. The van der Waals surface area contributed by atoms with E-state index in [1.807, 2.05) is 0 Å². The Bertz CT molecular complexity index is 697. The van der Waals surface area contributed by atoms with E-state index in [0.29, 0.717) is 5.56 Å². The molecule has 0 bridgehead atoms. The van der Waals surface area contributed by atoms with Crippen LogP contribution in [0.4, 0.5) is 4.39 Å². The van der Waals surface area contributed by atoms with Crippen LogP contribution in [0.25, 0.3) is 0 Å². The topological polar surface area (TPSA) is 59.3 Å². The Kier molecular flexibility index (Phi) is 3.66. The summed E-state index contributed by atoms with van der Waals surface area (Å²) >= 11 is 5.90. The second-order valence-corrected chi connectivity index (χ2v) is 4.30. The van der Waals surface area contributed by atoms with E-state index < -0.39 is 17.3 Å². The zero-order valence-corrected chi connectivity index (χ0v) is 10.4. The molecule has 0 aliphatic rings. The van der Waals surface area contributed by atoms with Crippen LogP contribution >= 0.6 is 11.6 Å². The average molecular weight is 282 g/mol.